The van der Waals surface area contributed by atoms with Gasteiger partial charge in [-0.15, -0.1) is 0 Å². The number of hydrogen-bond acceptors (Lipinski definition) is 5. The standard InChI is InChI=1S/C24H30N4O/c1-18-3-7-22(8-4-18)28-13-11-27(12-14-28)17-23(29)9-5-20-6-10-24-21(15-20)16-25-19(2)26-24/h3-10,15,23,25-26,29H,2,11-14,16-17H2,1H3/b9-5+/t23-/m1/s1. The number of nitrogens with one attached hydrogen (secondary N) is 2. The molecule has 1 fully saturated rings. The van der Waals surface area contributed by atoms with E-state index >= 15 is 0 Å². The van der Waals surface area contributed by atoms with Gasteiger partial charge < -0.3 is 20.6 Å². The molecular weight excluding hydrogens is 360 g/mol. The van der Waals surface area contributed by atoms with Gasteiger partial charge >= 0.3 is 0 Å². The first-order valence-corrected chi connectivity index (χ1v) is 10.3. The quantitative estimate of drug-likeness (QED) is 0.732. The van der Waals surface area contributed by atoms with E-state index in [0.717, 1.165) is 49.8 Å². The number of fused-ring (bicyclic) bond motifs is 1. The van der Waals surface area contributed by atoms with Crippen LogP contribution in [0.4, 0.5) is 11.4 Å². The highest BCUT2D eigenvalue weighted by atomic mass is 16.3. The Balaban J connectivity index is 1.27. The summed E-state index contributed by atoms with van der Waals surface area (Å²) in [4.78, 5) is 4.76. The van der Waals surface area contributed by atoms with Crippen LogP contribution in [0.5, 0.6) is 0 Å². The Bertz CT molecular complexity index is 882. The summed E-state index contributed by atoms with van der Waals surface area (Å²) < 4.78 is 0. The predicted octanol–water partition coefficient (Wildman–Crippen LogP) is 3.18. The Kier molecular flexibility index (Phi) is 5.88. The molecule has 1 atom stereocenters. The molecule has 0 aromatic heterocycles. The second kappa shape index (κ2) is 8.72. The van der Waals surface area contributed by atoms with Gasteiger partial charge in [0.1, 0.15) is 0 Å². The maximum absolute atomic E-state index is 10.5. The minimum atomic E-state index is -0.465. The molecule has 5 heteroatoms. The monoisotopic (exact) mass is 390 g/mol. The molecule has 4 rings (SSSR count). The molecule has 0 aliphatic carbocycles. The van der Waals surface area contributed by atoms with E-state index in [4.69, 9.17) is 0 Å². The van der Waals surface area contributed by atoms with Crippen molar-refractivity contribution in [3.05, 3.63) is 77.6 Å². The van der Waals surface area contributed by atoms with Crippen molar-refractivity contribution in [2.45, 2.75) is 19.6 Å². The van der Waals surface area contributed by atoms with E-state index in [-0.39, 0.29) is 0 Å². The molecule has 5 nitrogen and oxygen atoms in total. The lowest BCUT2D eigenvalue weighted by Gasteiger charge is -2.36. The fourth-order valence-corrected chi connectivity index (χ4v) is 3.89. The lowest BCUT2D eigenvalue weighted by atomic mass is 10.1. The molecular formula is C24H30N4O. The average molecular weight is 391 g/mol. The smallest absolute Gasteiger partial charge is 0.0959 e. The number of aryl methyl sites for hydroxylation is 1. The van der Waals surface area contributed by atoms with Gasteiger partial charge in [0, 0.05) is 50.6 Å². The Morgan fingerprint density at radius 3 is 2.62 bits per heavy atom. The van der Waals surface area contributed by atoms with Crippen LogP contribution in [-0.4, -0.2) is 48.8 Å². The highest BCUT2D eigenvalue weighted by Crippen LogP contribution is 2.23. The molecule has 0 bridgehead atoms. The summed E-state index contributed by atoms with van der Waals surface area (Å²) in [5.74, 6) is 0.832. The fourth-order valence-electron chi connectivity index (χ4n) is 3.89. The normalized spacial score (nSPS) is 18.3. The third-order valence-electron chi connectivity index (χ3n) is 5.63. The highest BCUT2D eigenvalue weighted by Gasteiger charge is 2.18. The summed E-state index contributed by atoms with van der Waals surface area (Å²) in [6.07, 6.45) is 3.45. The van der Waals surface area contributed by atoms with Gasteiger partial charge in [0.05, 0.1) is 11.9 Å². The van der Waals surface area contributed by atoms with Crippen LogP contribution in [-0.2, 0) is 6.54 Å². The van der Waals surface area contributed by atoms with Crippen molar-refractivity contribution in [2.75, 3.05) is 42.9 Å². The van der Waals surface area contributed by atoms with Gasteiger partial charge in [-0.05, 0) is 42.3 Å². The second-order valence-electron chi connectivity index (χ2n) is 7.92. The van der Waals surface area contributed by atoms with Crippen LogP contribution in [0.1, 0.15) is 16.7 Å². The van der Waals surface area contributed by atoms with E-state index in [9.17, 15) is 5.11 Å². The molecule has 0 amide bonds. The number of hydrogen-bond donors (Lipinski definition) is 3. The summed E-state index contributed by atoms with van der Waals surface area (Å²) in [7, 11) is 0. The Hall–Kier alpha value is -2.76. The van der Waals surface area contributed by atoms with Crippen molar-refractivity contribution in [2.24, 2.45) is 0 Å². The Morgan fingerprint density at radius 2 is 1.86 bits per heavy atom. The minimum absolute atomic E-state index is 0.465. The largest absolute Gasteiger partial charge is 0.388 e. The molecule has 2 aliphatic heterocycles. The highest BCUT2D eigenvalue weighted by molar-refractivity contribution is 5.62. The summed E-state index contributed by atoms with van der Waals surface area (Å²) in [6, 6.07) is 15.0. The van der Waals surface area contributed by atoms with Crippen molar-refractivity contribution >= 4 is 17.5 Å². The van der Waals surface area contributed by atoms with Gasteiger partial charge in [-0.3, -0.25) is 4.90 Å². The number of aliphatic hydroxyl groups is 1. The van der Waals surface area contributed by atoms with Crippen molar-refractivity contribution in [1.29, 1.82) is 0 Å². The molecule has 0 radical (unpaired) electrons. The van der Waals surface area contributed by atoms with E-state index in [2.05, 4.69) is 76.4 Å². The van der Waals surface area contributed by atoms with E-state index in [1.807, 2.05) is 12.2 Å². The molecule has 3 N–H and O–H groups in total. The SMILES string of the molecule is C=C1NCc2cc(/C=C/[C@@H](O)CN3CCN(c4ccc(C)cc4)CC3)ccc2N1. The molecule has 2 aromatic rings. The van der Waals surface area contributed by atoms with Gasteiger partial charge in [-0.25, -0.2) is 0 Å². The molecule has 2 heterocycles. The third-order valence-corrected chi connectivity index (χ3v) is 5.63. The number of benzene rings is 2. The van der Waals surface area contributed by atoms with Crippen LogP contribution in [0.15, 0.2) is 60.9 Å². The summed E-state index contributed by atoms with van der Waals surface area (Å²) in [5.41, 5.74) is 5.98. The lowest BCUT2D eigenvalue weighted by molar-refractivity contribution is 0.142. The van der Waals surface area contributed by atoms with Crippen molar-refractivity contribution in [3.8, 4) is 0 Å². The maximum Gasteiger partial charge on any atom is 0.0959 e. The topological polar surface area (TPSA) is 50.8 Å². The van der Waals surface area contributed by atoms with Gasteiger partial charge in [0.2, 0.25) is 0 Å². The van der Waals surface area contributed by atoms with Crippen LogP contribution in [0, 0.1) is 6.92 Å². The van der Waals surface area contributed by atoms with Crippen LogP contribution in [0.25, 0.3) is 6.08 Å². The number of aliphatic hydroxyl groups excluding tert-OH is 1. The number of piperazine rings is 1. The van der Waals surface area contributed by atoms with Crippen molar-refractivity contribution in [1.82, 2.24) is 10.2 Å². The molecule has 2 aromatic carbocycles. The zero-order valence-corrected chi connectivity index (χ0v) is 17.1. The van der Waals surface area contributed by atoms with Crippen molar-refractivity contribution < 1.29 is 5.11 Å². The Morgan fingerprint density at radius 1 is 1.10 bits per heavy atom. The van der Waals surface area contributed by atoms with Crippen LogP contribution < -0.4 is 15.5 Å². The van der Waals surface area contributed by atoms with Gasteiger partial charge in [-0.2, -0.15) is 0 Å². The summed E-state index contributed by atoms with van der Waals surface area (Å²) >= 11 is 0. The molecule has 152 valence electrons. The van der Waals surface area contributed by atoms with Gasteiger partial charge in [-0.1, -0.05) is 42.5 Å². The van der Waals surface area contributed by atoms with Gasteiger partial charge in [0.25, 0.3) is 0 Å². The zero-order valence-electron chi connectivity index (χ0n) is 17.1. The first kappa shape index (κ1) is 19.6. The lowest BCUT2D eigenvalue weighted by Crippen LogP contribution is -2.48. The number of nitrogens with zero attached hydrogens (tertiary/aromatic N) is 2. The number of β-amino-alcohol motifs (C(OH)–C–C–N with tert-alkyl or cyclic N) is 1. The van der Waals surface area contributed by atoms with E-state index in [0.29, 0.717) is 6.54 Å². The maximum atomic E-state index is 10.5. The predicted molar refractivity (Wildman–Crippen MR) is 121 cm³/mol. The molecule has 1 saturated heterocycles. The van der Waals surface area contributed by atoms with Crippen molar-refractivity contribution in [3.63, 3.8) is 0 Å². The summed E-state index contributed by atoms with van der Waals surface area (Å²) in [5, 5.41) is 16.9. The fraction of sp³-hybridized carbons (Fsp3) is 0.333. The van der Waals surface area contributed by atoms with E-state index < -0.39 is 6.10 Å². The minimum Gasteiger partial charge on any atom is -0.388 e. The molecule has 29 heavy (non-hydrogen) atoms. The third kappa shape index (κ3) is 5.00. The average Bonchev–Trinajstić information content (AvgIpc) is 2.73. The van der Waals surface area contributed by atoms with Gasteiger partial charge in [0.15, 0.2) is 0 Å². The molecule has 0 unspecified atom stereocenters. The second-order valence-corrected chi connectivity index (χ2v) is 7.92. The van der Waals surface area contributed by atoms with Crippen LogP contribution >= 0.6 is 0 Å². The number of anilines is 2. The Labute approximate surface area is 173 Å². The number of rotatable bonds is 5. The van der Waals surface area contributed by atoms with Crippen LogP contribution in [0.3, 0.4) is 0 Å². The van der Waals surface area contributed by atoms with E-state index in [1.165, 1.54) is 16.8 Å². The molecule has 0 saturated carbocycles. The first-order chi connectivity index (χ1) is 14.1. The molecule has 0 spiro atoms. The zero-order chi connectivity index (χ0) is 20.2. The summed E-state index contributed by atoms with van der Waals surface area (Å²) in [6.45, 7) is 11.4. The van der Waals surface area contributed by atoms with E-state index in [1.54, 1.807) is 0 Å². The molecule has 2 aliphatic rings. The van der Waals surface area contributed by atoms with Crippen LogP contribution in [0.2, 0.25) is 0 Å². The first-order valence-electron chi connectivity index (χ1n) is 10.3.